The second-order valence-electron chi connectivity index (χ2n) is 6.55. The van der Waals surface area contributed by atoms with Gasteiger partial charge in [0.1, 0.15) is 11.9 Å². The first-order chi connectivity index (χ1) is 11.0. The van der Waals surface area contributed by atoms with Gasteiger partial charge in [0.15, 0.2) is 17.3 Å². The third-order valence-corrected chi connectivity index (χ3v) is 4.75. The second-order valence-corrected chi connectivity index (χ2v) is 6.55. The summed E-state index contributed by atoms with van der Waals surface area (Å²) in [5.41, 5.74) is 3.05. The minimum atomic E-state index is -0.439. The van der Waals surface area contributed by atoms with Crippen molar-refractivity contribution in [1.29, 1.82) is 0 Å². The summed E-state index contributed by atoms with van der Waals surface area (Å²) in [7, 11) is 0. The zero-order valence-electron chi connectivity index (χ0n) is 12.9. The lowest BCUT2D eigenvalue weighted by atomic mass is 9.80. The Balaban J connectivity index is 1.81. The first-order valence-corrected chi connectivity index (χ1v) is 7.90. The van der Waals surface area contributed by atoms with Gasteiger partial charge in [0.2, 0.25) is 0 Å². The van der Waals surface area contributed by atoms with Crippen LogP contribution in [0.4, 0.5) is 0 Å². The molecule has 1 heterocycles. The van der Waals surface area contributed by atoms with Gasteiger partial charge in [-0.3, -0.25) is 4.79 Å². The lowest BCUT2D eigenvalue weighted by Gasteiger charge is -2.25. The third kappa shape index (κ3) is 2.17. The highest BCUT2D eigenvalue weighted by molar-refractivity contribution is 6.01. The highest BCUT2D eigenvalue weighted by atomic mass is 16.5. The van der Waals surface area contributed by atoms with E-state index in [0.717, 1.165) is 17.5 Å². The fourth-order valence-corrected chi connectivity index (χ4v) is 3.76. The molecule has 0 aromatic heterocycles. The van der Waals surface area contributed by atoms with Crippen LogP contribution in [-0.2, 0) is 12.8 Å². The molecule has 2 aromatic rings. The molecular weight excluding hydrogens is 292 g/mol. The number of fused-ring (bicyclic) bond motifs is 2. The Morgan fingerprint density at radius 1 is 1.00 bits per heavy atom. The topological polar surface area (TPSA) is 66.8 Å². The molecule has 2 N–H and O–H groups in total. The summed E-state index contributed by atoms with van der Waals surface area (Å²) in [6, 6.07) is 8.72. The number of hydrogen-bond donors (Lipinski definition) is 2. The van der Waals surface area contributed by atoms with Crippen molar-refractivity contribution in [2.24, 2.45) is 5.92 Å². The van der Waals surface area contributed by atoms with Gasteiger partial charge in [-0.05, 0) is 30.0 Å². The minimum Gasteiger partial charge on any atom is -0.508 e. The molecule has 4 nitrogen and oxygen atoms in total. The predicted molar refractivity (Wildman–Crippen MR) is 85.1 cm³/mol. The first kappa shape index (κ1) is 14.1. The average molecular weight is 310 g/mol. The standard InChI is InChI=1S/C19H18O4/c1-10-7-11-5-6-13(20)18(17(11)15(22)8-10)16-9-12-3-2-4-14(21)19(12)23-16/h2-6,10,16,20-21H,7-9H2,1H3/t10-,16-/m0/s1. The van der Waals surface area contributed by atoms with Crippen molar-refractivity contribution in [3.8, 4) is 17.2 Å². The van der Waals surface area contributed by atoms with Crippen LogP contribution in [0.25, 0.3) is 0 Å². The van der Waals surface area contributed by atoms with E-state index < -0.39 is 6.10 Å². The number of ketones is 1. The fourth-order valence-electron chi connectivity index (χ4n) is 3.76. The summed E-state index contributed by atoms with van der Waals surface area (Å²) >= 11 is 0. The summed E-state index contributed by atoms with van der Waals surface area (Å²) in [4.78, 5) is 12.5. The summed E-state index contributed by atoms with van der Waals surface area (Å²) in [6.45, 7) is 2.06. The number of phenolic OH excluding ortho intramolecular Hbond substituents is 2. The highest BCUT2D eigenvalue weighted by Gasteiger charge is 2.35. The van der Waals surface area contributed by atoms with Gasteiger partial charge in [0.25, 0.3) is 0 Å². The molecule has 2 aromatic carbocycles. The van der Waals surface area contributed by atoms with Crippen molar-refractivity contribution < 1.29 is 19.7 Å². The van der Waals surface area contributed by atoms with Gasteiger partial charge in [-0.25, -0.2) is 0 Å². The van der Waals surface area contributed by atoms with E-state index >= 15 is 0 Å². The number of benzene rings is 2. The van der Waals surface area contributed by atoms with Crippen LogP contribution in [-0.4, -0.2) is 16.0 Å². The van der Waals surface area contributed by atoms with Crippen LogP contribution in [0.15, 0.2) is 30.3 Å². The minimum absolute atomic E-state index is 0.0634. The smallest absolute Gasteiger partial charge is 0.165 e. The molecule has 4 heteroatoms. The van der Waals surface area contributed by atoms with Crippen LogP contribution in [0.2, 0.25) is 0 Å². The molecular formula is C19H18O4. The predicted octanol–water partition coefficient (Wildman–Crippen LogP) is 3.54. The Morgan fingerprint density at radius 2 is 1.83 bits per heavy atom. The molecule has 23 heavy (non-hydrogen) atoms. The molecule has 0 unspecified atom stereocenters. The Morgan fingerprint density at radius 3 is 2.61 bits per heavy atom. The molecule has 1 aliphatic heterocycles. The van der Waals surface area contributed by atoms with Gasteiger partial charge >= 0.3 is 0 Å². The molecule has 0 radical (unpaired) electrons. The second kappa shape index (κ2) is 5.01. The lowest BCUT2D eigenvalue weighted by Crippen LogP contribution is -2.22. The normalized spacial score (nSPS) is 22.4. The Hall–Kier alpha value is -2.49. The zero-order valence-corrected chi connectivity index (χ0v) is 12.9. The lowest BCUT2D eigenvalue weighted by molar-refractivity contribution is 0.0947. The van der Waals surface area contributed by atoms with E-state index in [1.165, 1.54) is 0 Å². The Kier molecular flexibility index (Phi) is 3.08. The van der Waals surface area contributed by atoms with Crippen molar-refractivity contribution in [3.63, 3.8) is 0 Å². The number of para-hydroxylation sites is 1. The van der Waals surface area contributed by atoms with Gasteiger partial charge in [-0.1, -0.05) is 25.1 Å². The summed E-state index contributed by atoms with van der Waals surface area (Å²) in [6.07, 6.45) is 1.43. The van der Waals surface area contributed by atoms with Crippen LogP contribution < -0.4 is 4.74 Å². The number of rotatable bonds is 1. The van der Waals surface area contributed by atoms with E-state index in [1.54, 1.807) is 18.2 Å². The molecule has 2 atom stereocenters. The quantitative estimate of drug-likeness (QED) is 0.845. The van der Waals surface area contributed by atoms with E-state index in [1.807, 2.05) is 12.1 Å². The summed E-state index contributed by atoms with van der Waals surface area (Å²) in [5, 5.41) is 20.3. The van der Waals surface area contributed by atoms with Gasteiger partial charge in [0, 0.05) is 29.5 Å². The monoisotopic (exact) mass is 310 g/mol. The number of carbonyl (C=O) groups is 1. The summed E-state index contributed by atoms with van der Waals surface area (Å²) in [5.74, 6) is 1.01. The molecule has 0 saturated carbocycles. The van der Waals surface area contributed by atoms with Gasteiger partial charge in [0.05, 0.1) is 0 Å². The number of ether oxygens (including phenoxy) is 1. The van der Waals surface area contributed by atoms with Crippen molar-refractivity contribution in [2.45, 2.75) is 32.3 Å². The van der Waals surface area contributed by atoms with E-state index in [9.17, 15) is 15.0 Å². The third-order valence-electron chi connectivity index (χ3n) is 4.75. The average Bonchev–Trinajstić information content (AvgIpc) is 2.93. The van der Waals surface area contributed by atoms with Crippen LogP contribution >= 0.6 is 0 Å². The van der Waals surface area contributed by atoms with Crippen molar-refractivity contribution in [1.82, 2.24) is 0 Å². The number of hydrogen-bond acceptors (Lipinski definition) is 4. The van der Waals surface area contributed by atoms with Crippen LogP contribution in [0, 0.1) is 5.92 Å². The van der Waals surface area contributed by atoms with Crippen molar-refractivity contribution >= 4 is 5.78 Å². The number of Topliss-reactive ketones (excluding diaryl/α,β-unsaturated/α-hetero) is 1. The zero-order chi connectivity index (χ0) is 16.1. The SMILES string of the molecule is C[C@@H]1CC(=O)c2c(ccc(O)c2[C@@H]2Cc3cccc(O)c3O2)C1. The van der Waals surface area contributed by atoms with E-state index in [4.69, 9.17) is 4.74 Å². The van der Waals surface area contributed by atoms with E-state index in [0.29, 0.717) is 35.6 Å². The van der Waals surface area contributed by atoms with Gasteiger partial charge < -0.3 is 14.9 Å². The molecule has 0 spiro atoms. The Labute approximate surface area is 134 Å². The molecule has 2 aliphatic rings. The maximum absolute atomic E-state index is 12.5. The summed E-state index contributed by atoms with van der Waals surface area (Å²) < 4.78 is 5.88. The molecule has 1 aliphatic carbocycles. The maximum Gasteiger partial charge on any atom is 0.165 e. The number of carbonyl (C=O) groups excluding carboxylic acids is 1. The number of phenols is 2. The van der Waals surface area contributed by atoms with Crippen LogP contribution in [0.3, 0.4) is 0 Å². The molecule has 0 amide bonds. The fraction of sp³-hybridized carbons (Fsp3) is 0.316. The van der Waals surface area contributed by atoms with Gasteiger partial charge in [-0.15, -0.1) is 0 Å². The van der Waals surface area contributed by atoms with Crippen LogP contribution in [0.5, 0.6) is 17.2 Å². The number of aromatic hydroxyl groups is 2. The van der Waals surface area contributed by atoms with E-state index in [2.05, 4.69) is 6.92 Å². The van der Waals surface area contributed by atoms with Crippen molar-refractivity contribution in [2.75, 3.05) is 0 Å². The molecule has 0 fully saturated rings. The maximum atomic E-state index is 12.5. The van der Waals surface area contributed by atoms with Gasteiger partial charge in [-0.2, -0.15) is 0 Å². The van der Waals surface area contributed by atoms with Crippen molar-refractivity contribution in [3.05, 3.63) is 52.6 Å². The highest BCUT2D eigenvalue weighted by Crippen LogP contribution is 2.46. The first-order valence-electron chi connectivity index (χ1n) is 7.90. The Bertz CT molecular complexity index is 809. The van der Waals surface area contributed by atoms with Crippen LogP contribution in [0.1, 0.15) is 46.5 Å². The van der Waals surface area contributed by atoms with E-state index in [-0.39, 0.29) is 17.3 Å². The molecule has 118 valence electrons. The molecule has 0 bridgehead atoms. The molecule has 4 rings (SSSR count). The largest absolute Gasteiger partial charge is 0.508 e. The molecule has 0 saturated heterocycles.